The maximum Gasteiger partial charge on any atom is 0.586 e. The van der Waals surface area contributed by atoms with E-state index >= 15 is 0 Å². The molecule has 0 radical (unpaired) electrons. The van der Waals surface area contributed by atoms with Crippen LogP contribution in [0.3, 0.4) is 0 Å². The predicted octanol–water partition coefficient (Wildman–Crippen LogP) is 7.51. The molecule has 1 N–H and O–H groups in total. The van der Waals surface area contributed by atoms with E-state index < -0.39 is 36.3 Å². The minimum Gasteiger partial charge on any atom is -0.486 e. The van der Waals surface area contributed by atoms with Gasteiger partial charge in [-0.25, -0.2) is 9.48 Å². The number of hydrogen-bond donors (Lipinski definition) is 1. The molecule has 0 spiro atoms. The van der Waals surface area contributed by atoms with Crippen LogP contribution in [-0.4, -0.2) is 27.2 Å². The van der Waals surface area contributed by atoms with Crippen LogP contribution in [0.15, 0.2) is 66.7 Å². The van der Waals surface area contributed by atoms with Gasteiger partial charge in [-0.3, -0.25) is 0 Å². The first kappa shape index (κ1) is 28.3. The molecule has 1 aromatic heterocycles. The normalized spacial score (nSPS) is 17.7. The molecule has 224 valence electrons. The van der Waals surface area contributed by atoms with Gasteiger partial charge in [0, 0.05) is 11.6 Å². The van der Waals surface area contributed by atoms with Crippen molar-refractivity contribution in [2.24, 2.45) is 0 Å². The quantitative estimate of drug-likeness (QED) is 0.219. The molecule has 13 heteroatoms. The SMILES string of the molecule is C[C@H](Oc1cccc(-n2nc(C(F)(F)F)c3c2C(Oc2ccc(C(=O)O)cc2)CCC3)c1)c1ccc2c(c1)OC(F)(F)O2. The predicted molar refractivity (Wildman–Crippen MR) is 140 cm³/mol. The van der Waals surface area contributed by atoms with Crippen molar-refractivity contribution >= 4 is 5.97 Å². The second kappa shape index (κ2) is 10.5. The Morgan fingerprint density at radius 2 is 1.79 bits per heavy atom. The molecule has 3 aromatic carbocycles. The van der Waals surface area contributed by atoms with E-state index in [9.17, 15) is 26.7 Å². The van der Waals surface area contributed by atoms with Gasteiger partial charge < -0.3 is 24.1 Å². The van der Waals surface area contributed by atoms with Crippen LogP contribution in [0, 0.1) is 0 Å². The molecule has 2 heterocycles. The lowest BCUT2D eigenvalue weighted by Gasteiger charge is -2.26. The van der Waals surface area contributed by atoms with Gasteiger partial charge in [-0.05, 0) is 80.3 Å². The van der Waals surface area contributed by atoms with Crippen LogP contribution in [-0.2, 0) is 12.6 Å². The van der Waals surface area contributed by atoms with Gasteiger partial charge in [-0.2, -0.15) is 18.3 Å². The van der Waals surface area contributed by atoms with E-state index in [2.05, 4.69) is 14.6 Å². The summed E-state index contributed by atoms with van der Waals surface area (Å²) in [5.41, 5.74) is 0.104. The molecule has 2 aliphatic rings. The molecule has 8 nitrogen and oxygen atoms in total. The van der Waals surface area contributed by atoms with Gasteiger partial charge in [0.1, 0.15) is 23.7 Å². The highest BCUT2D eigenvalue weighted by molar-refractivity contribution is 5.87. The third kappa shape index (κ3) is 5.66. The fourth-order valence-corrected chi connectivity index (χ4v) is 5.20. The van der Waals surface area contributed by atoms with Crippen molar-refractivity contribution in [2.45, 2.75) is 50.9 Å². The van der Waals surface area contributed by atoms with Gasteiger partial charge in [0.05, 0.1) is 16.9 Å². The van der Waals surface area contributed by atoms with Crippen LogP contribution in [0.1, 0.15) is 64.8 Å². The van der Waals surface area contributed by atoms with Crippen molar-refractivity contribution in [1.82, 2.24) is 9.78 Å². The number of carboxylic acid groups (broad SMARTS) is 1. The second-order valence-electron chi connectivity index (χ2n) is 10.1. The molecule has 0 bridgehead atoms. The first-order valence-electron chi connectivity index (χ1n) is 13.2. The minimum atomic E-state index is -4.71. The van der Waals surface area contributed by atoms with Crippen molar-refractivity contribution in [1.29, 1.82) is 0 Å². The number of aromatic nitrogens is 2. The van der Waals surface area contributed by atoms with E-state index in [1.165, 1.54) is 47.1 Å². The zero-order valence-corrected chi connectivity index (χ0v) is 22.4. The third-order valence-electron chi connectivity index (χ3n) is 7.14. The summed E-state index contributed by atoms with van der Waals surface area (Å²) >= 11 is 0. The Balaban J connectivity index is 1.31. The number of ether oxygens (including phenoxy) is 4. The van der Waals surface area contributed by atoms with Crippen LogP contribution in [0.4, 0.5) is 22.0 Å². The Labute approximate surface area is 241 Å². The largest absolute Gasteiger partial charge is 0.586 e. The third-order valence-corrected chi connectivity index (χ3v) is 7.14. The van der Waals surface area contributed by atoms with E-state index in [0.29, 0.717) is 35.6 Å². The summed E-state index contributed by atoms with van der Waals surface area (Å²) in [6, 6.07) is 16.2. The molecule has 1 aliphatic carbocycles. The van der Waals surface area contributed by atoms with E-state index in [1.807, 2.05) is 0 Å². The molecule has 43 heavy (non-hydrogen) atoms. The molecule has 0 saturated carbocycles. The summed E-state index contributed by atoms with van der Waals surface area (Å²) in [6.45, 7) is 1.68. The molecule has 1 aliphatic heterocycles. The number of halogens is 5. The Hall–Kier alpha value is -4.81. The Kier molecular flexibility index (Phi) is 6.90. The number of nitrogens with zero attached hydrogens (tertiary/aromatic N) is 2. The molecule has 2 atom stereocenters. The smallest absolute Gasteiger partial charge is 0.486 e. The Morgan fingerprint density at radius 1 is 1.05 bits per heavy atom. The molecule has 1 unspecified atom stereocenters. The Bertz CT molecular complexity index is 1690. The van der Waals surface area contributed by atoms with Crippen molar-refractivity contribution < 1.29 is 50.8 Å². The molecule has 0 fully saturated rings. The number of fused-ring (bicyclic) bond motifs is 2. The van der Waals surface area contributed by atoms with Gasteiger partial charge in [0.2, 0.25) is 0 Å². The summed E-state index contributed by atoms with van der Waals surface area (Å²) in [4.78, 5) is 11.2. The molecule has 0 saturated heterocycles. The average molecular weight is 603 g/mol. The highest BCUT2D eigenvalue weighted by atomic mass is 19.4. The lowest BCUT2D eigenvalue weighted by molar-refractivity contribution is -0.286. The van der Waals surface area contributed by atoms with Gasteiger partial charge in [0.15, 0.2) is 17.2 Å². The van der Waals surface area contributed by atoms with Crippen molar-refractivity contribution in [2.75, 3.05) is 0 Å². The highest BCUT2D eigenvalue weighted by Gasteiger charge is 2.44. The number of benzene rings is 3. The molecular formula is C30H23F5N2O6. The molecule has 6 rings (SSSR count). The fraction of sp³-hybridized carbons (Fsp3) is 0.267. The number of carbonyl (C=O) groups is 1. The number of carboxylic acids is 1. The summed E-state index contributed by atoms with van der Waals surface area (Å²) in [5.74, 6) is -0.768. The molecular weight excluding hydrogens is 579 g/mol. The zero-order chi connectivity index (χ0) is 30.5. The second-order valence-corrected chi connectivity index (χ2v) is 10.1. The lowest BCUT2D eigenvalue weighted by atomic mass is 9.93. The first-order chi connectivity index (χ1) is 20.4. The maximum atomic E-state index is 14.1. The van der Waals surface area contributed by atoms with Crippen molar-refractivity contribution in [3.8, 4) is 28.7 Å². The van der Waals surface area contributed by atoms with E-state index in [-0.39, 0.29) is 34.7 Å². The van der Waals surface area contributed by atoms with Gasteiger partial charge >= 0.3 is 18.4 Å². The lowest BCUT2D eigenvalue weighted by Crippen LogP contribution is -2.25. The molecule has 0 amide bonds. The van der Waals surface area contributed by atoms with Crippen LogP contribution >= 0.6 is 0 Å². The van der Waals surface area contributed by atoms with Crippen molar-refractivity contribution in [3.05, 3.63) is 94.8 Å². The summed E-state index contributed by atoms with van der Waals surface area (Å²) in [6.07, 6.45) is -8.92. The van der Waals surface area contributed by atoms with E-state index in [4.69, 9.17) is 14.6 Å². The van der Waals surface area contributed by atoms with Crippen LogP contribution in [0.25, 0.3) is 5.69 Å². The monoisotopic (exact) mass is 602 g/mol. The van der Waals surface area contributed by atoms with Gasteiger partial charge in [-0.1, -0.05) is 12.1 Å². The first-order valence-corrected chi connectivity index (χ1v) is 13.2. The standard InChI is InChI=1S/C30H23F5N2O6/c1-16(18-10-13-23-25(14-18)43-30(34,35)42-23)40-21-5-2-4-19(15-21)37-26-22(27(36-37)29(31,32)33)6-3-7-24(26)41-20-11-8-17(9-12-20)28(38)39/h2,4-5,8-16,24H,3,6-7H2,1H3,(H,38,39)/t16-,24?/m0/s1. The van der Waals surface area contributed by atoms with Gasteiger partial charge in [0.25, 0.3) is 0 Å². The number of hydrogen-bond acceptors (Lipinski definition) is 6. The minimum absolute atomic E-state index is 0.0303. The van der Waals surface area contributed by atoms with Crippen molar-refractivity contribution in [3.63, 3.8) is 0 Å². The number of rotatable bonds is 7. The number of alkyl halides is 5. The summed E-state index contributed by atoms with van der Waals surface area (Å²) < 4.78 is 91.4. The van der Waals surface area contributed by atoms with Crippen LogP contribution in [0.5, 0.6) is 23.0 Å². The average Bonchev–Trinajstić information content (AvgIpc) is 3.50. The highest BCUT2D eigenvalue weighted by Crippen LogP contribution is 2.44. The topological polar surface area (TPSA) is 92.0 Å². The maximum absolute atomic E-state index is 14.1. The van der Waals surface area contributed by atoms with Crippen LogP contribution in [0.2, 0.25) is 0 Å². The number of aromatic carboxylic acids is 1. The van der Waals surface area contributed by atoms with Crippen LogP contribution < -0.4 is 18.9 Å². The van der Waals surface area contributed by atoms with E-state index in [1.54, 1.807) is 31.2 Å². The zero-order valence-electron chi connectivity index (χ0n) is 22.4. The van der Waals surface area contributed by atoms with Gasteiger partial charge in [-0.15, -0.1) is 8.78 Å². The Morgan fingerprint density at radius 3 is 2.51 bits per heavy atom. The summed E-state index contributed by atoms with van der Waals surface area (Å²) in [7, 11) is 0. The summed E-state index contributed by atoms with van der Waals surface area (Å²) in [5, 5.41) is 13.1. The fourth-order valence-electron chi connectivity index (χ4n) is 5.20. The molecule has 4 aromatic rings. The van der Waals surface area contributed by atoms with E-state index in [0.717, 1.165) is 0 Å².